The maximum Gasteiger partial charge on any atom is 0.310 e. The number of esters is 1. The number of unbranched alkanes of at least 4 members (excludes halogenated alkanes) is 5. The predicted molar refractivity (Wildman–Crippen MR) is 81.8 cm³/mol. The fourth-order valence-electron chi connectivity index (χ4n) is 1.60. The molecule has 0 saturated carbocycles. The Kier molecular flexibility index (Phi) is 12.2. The van der Waals surface area contributed by atoms with E-state index in [0.29, 0.717) is 12.2 Å². The molecule has 0 aliphatic carbocycles. The summed E-state index contributed by atoms with van der Waals surface area (Å²) in [6.07, 6.45) is 17.3. The summed E-state index contributed by atoms with van der Waals surface area (Å²) in [5.41, 5.74) is 0. The number of rotatable bonds is 10. The lowest BCUT2D eigenvalue weighted by atomic mass is 10.1. The van der Waals surface area contributed by atoms with E-state index in [1.165, 1.54) is 25.7 Å². The number of carbonyl (C=O) groups excluding carboxylic acids is 1. The topological polar surface area (TPSA) is 26.3 Å². The van der Waals surface area contributed by atoms with E-state index in [-0.39, 0.29) is 5.97 Å². The first-order valence-electron chi connectivity index (χ1n) is 7.44. The molecule has 0 unspecified atom stereocenters. The number of hydrogen-bond donors (Lipinski definition) is 0. The summed E-state index contributed by atoms with van der Waals surface area (Å²) in [7, 11) is 0. The first kappa shape index (κ1) is 17.7. The fourth-order valence-corrected chi connectivity index (χ4v) is 1.60. The maximum absolute atomic E-state index is 11.3. The highest BCUT2D eigenvalue weighted by molar-refractivity contribution is 5.70. The van der Waals surface area contributed by atoms with E-state index in [1.807, 2.05) is 37.3 Å². The fraction of sp³-hybridized carbons (Fsp3) is 0.588. The van der Waals surface area contributed by atoms with Crippen molar-refractivity contribution in [2.75, 3.05) is 0 Å². The van der Waals surface area contributed by atoms with E-state index in [4.69, 9.17) is 4.74 Å². The Bertz CT molecular complexity index is 311. The van der Waals surface area contributed by atoms with Crippen LogP contribution in [0.1, 0.15) is 65.7 Å². The molecule has 0 bridgehead atoms. The smallest absolute Gasteiger partial charge is 0.310 e. The van der Waals surface area contributed by atoms with Crippen LogP contribution in [0.2, 0.25) is 0 Å². The lowest BCUT2D eigenvalue weighted by molar-refractivity contribution is -0.138. The third-order valence-electron chi connectivity index (χ3n) is 2.74. The van der Waals surface area contributed by atoms with E-state index >= 15 is 0 Å². The van der Waals surface area contributed by atoms with Gasteiger partial charge in [0.2, 0.25) is 0 Å². The van der Waals surface area contributed by atoms with Crippen LogP contribution in [0.5, 0.6) is 0 Å². The largest absolute Gasteiger partial charge is 0.427 e. The van der Waals surface area contributed by atoms with Gasteiger partial charge in [-0.3, -0.25) is 4.79 Å². The molecule has 0 saturated heterocycles. The molecule has 0 aliphatic heterocycles. The van der Waals surface area contributed by atoms with Crippen LogP contribution in [0.4, 0.5) is 0 Å². The average Bonchev–Trinajstić information content (AvgIpc) is 2.42. The monoisotopic (exact) mass is 264 g/mol. The van der Waals surface area contributed by atoms with E-state index in [1.54, 1.807) is 6.92 Å². The van der Waals surface area contributed by atoms with Gasteiger partial charge in [0.1, 0.15) is 5.76 Å². The Hall–Kier alpha value is -1.31. The number of carbonyl (C=O) groups is 1. The molecule has 0 aliphatic rings. The van der Waals surface area contributed by atoms with Crippen molar-refractivity contribution in [3.05, 3.63) is 36.1 Å². The highest BCUT2D eigenvalue weighted by Gasteiger charge is 2.01. The maximum atomic E-state index is 11.3. The Morgan fingerprint density at radius 2 is 1.79 bits per heavy atom. The van der Waals surface area contributed by atoms with E-state index in [0.717, 1.165) is 12.8 Å². The van der Waals surface area contributed by atoms with Gasteiger partial charge < -0.3 is 4.74 Å². The van der Waals surface area contributed by atoms with Crippen LogP contribution in [-0.4, -0.2) is 5.97 Å². The third-order valence-corrected chi connectivity index (χ3v) is 2.74. The van der Waals surface area contributed by atoms with Gasteiger partial charge in [-0.15, -0.1) is 0 Å². The van der Waals surface area contributed by atoms with Crippen molar-refractivity contribution >= 4 is 5.97 Å². The molecular formula is C17H28O2. The summed E-state index contributed by atoms with van der Waals surface area (Å²) >= 11 is 0. The van der Waals surface area contributed by atoms with Crippen molar-refractivity contribution in [3.63, 3.8) is 0 Å². The zero-order chi connectivity index (χ0) is 14.3. The van der Waals surface area contributed by atoms with Crippen molar-refractivity contribution in [3.8, 4) is 0 Å². The van der Waals surface area contributed by atoms with E-state index < -0.39 is 0 Å². The van der Waals surface area contributed by atoms with E-state index in [2.05, 4.69) is 6.92 Å². The minimum absolute atomic E-state index is 0.178. The lowest BCUT2D eigenvalue weighted by Crippen LogP contribution is -2.00. The third kappa shape index (κ3) is 11.5. The first-order valence-corrected chi connectivity index (χ1v) is 7.44. The minimum Gasteiger partial charge on any atom is -0.427 e. The summed E-state index contributed by atoms with van der Waals surface area (Å²) in [5.74, 6) is 0.489. The zero-order valence-corrected chi connectivity index (χ0v) is 12.7. The van der Waals surface area contributed by atoms with Crippen LogP contribution in [-0.2, 0) is 9.53 Å². The van der Waals surface area contributed by atoms with Crippen LogP contribution < -0.4 is 0 Å². The Labute approximate surface area is 118 Å². The molecule has 108 valence electrons. The number of ether oxygens (including phenoxy) is 1. The molecule has 0 rings (SSSR count). The van der Waals surface area contributed by atoms with Crippen LogP contribution in [0, 0.1) is 0 Å². The molecule has 0 N–H and O–H groups in total. The van der Waals surface area contributed by atoms with Crippen LogP contribution >= 0.6 is 0 Å². The van der Waals surface area contributed by atoms with Gasteiger partial charge in [0.15, 0.2) is 0 Å². The Morgan fingerprint density at radius 3 is 2.42 bits per heavy atom. The standard InChI is InChI=1S/C17H28O2/c1-4-7-9-10-11-13-15-16(14-12-8-5-2)19-17(18)6-3/h5,8,12,14-15H,4,6-7,9-11,13H2,1-3H3/b8-5+,14-12+,16-15-. The predicted octanol–water partition coefficient (Wildman–Crippen LogP) is 5.32. The number of hydrogen-bond acceptors (Lipinski definition) is 2. The Morgan fingerprint density at radius 1 is 1.05 bits per heavy atom. The van der Waals surface area contributed by atoms with Crippen LogP contribution in [0.25, 0.3) is 0 Å². The molecule has 0 aromatic heterocycles. The zero-order valence-electron chi connectivity index (χ0n) is 12.7. The van der Waals surface area contributed by atoms with Gasteiger partial charge in [0.25, 0.3) is 0 Å². The van der Waals surface area contributed by atoms with Gasteiger partial charge in [-0.2, -0.15) is 0 Å². The summed E-state index contributed by atoms with van der Waals surface area (Å²) in [5, 5.41) is 0. The Balaban J connectivity index is 4.18. The lowest BCUT2D eigenvalue weighted by Gasteiger charge is -2.03. The van der Waals surface area contributed by atoms with Crippen molar-refractivity contribution in [2.24, 2.45) is 0 Å². The van der Waals surface area contributed by atoms with Gasteiger partial charge in [-0.25, -0.2) is 0 Å². The van der Waals surface area contributed by atoms with Crippen molar-refractivity contribution in [2.45, 2.75) is 65.7 Å². The molecule has 0 atom stereocenters. The summed E-state index contributed by atoms with van der Waals surface area (Å²) < 4.78 is 5.28. The summed E-state index contributed by atoms with van der Waals surface area (Å²) in [4.78, 5) is 11.3. The molecule has 0 aromatic carbocycles. The molecule has 2 heteroatoms. The molecular weight excluding hydrogens is 236 g/mol. The highest BCUT2D eigenvalue weighted by atomic mass is 16.5. The second-order valence-electron chi connectivity index (χ2n) is 4.52. The number of allylic oxidation sites excluding steroid dienone is 5. The van der Waals surface area contributed by atoms with Crippen LogP contribution in [0.15, 0.2) is 36.1 Å². The van der Waals surface area contributed by atoms with Gasteiger partial charge in [0.05, 0.1) is 0 Å². The van der Waals surface area contributed by atoms with Gasteiger partial charge >= 0.3 is 5.97 Å². The molecule has 0 heterocycles. The minimum atomic E-state index is -0.178. The molecule has 2 nitrogen and oxygen atoms in total. The van der Waals surface area contributed by atoms with Crippen molar-refractivity contribution in [1.29, 1.82) is 0 Å². The summed E-state index contributed by atoms with van der Waals surface area (Å²) in [6.45, 7) is 5.98. The summed E-state index contributed by atoms with van der Waals surface area (Å²) in [6, 6.07) is 0. The molecule has 19 heavy (non-hydrogen) atoms. The second-order valence-corrected chi connectivity index (χ2v) is 4.52. The van der Waals surface area contributed by atoms with Gasteiger partial charge in [0, 0.05) is 6.42 Å². The molecule has 0 aromatic rings. The molecule has 0 fully saturated rings. The van der Waals surface area contributed by atoms with Crippen molar-refractivity contribution < 1.29 is 9.53 Å². The molecule has 0 spiro atoms. The van der Waals surface area contributed by atoms with Crippen molar-refractivity contribution in [1.82, 2.24) is 0 Å². The van der Waals surface area contributed by atoms with Gasteiger partial charge in [-0.1, -0.05) is 57.8 Å². The SMILES string of the molecule is C/C=C/C=C/C(=C/CCCCCCC)OC(=O)CC. The first-order chi connectivity index (χ1) is 9.24. The van der Waals surface area contributed by atoms with E-state index in [9.17, 15) is 4.79 Å². The average molecular weight is 264 g/mol. The molecule has 0 amide bonds. The quantitative estimate of drug-likeness (QED) is 0.231. The van der Waals surface area contributed by atoms with Gasteiger partial charge in [-0.05, 0) is 31.9 Å². The normalized spacial score (nSPS) is 12.5. The highest BCUT2D eigenvalue weighted by Crippen LogP contribution is 2.09. The van der Waals surface area contributed by atoms with Crippen LogP contribution in [0.3, 0.4) is 0 Å². The second kappa shape index (κ2) is 13.1. The molecule has 0 radical (unpaired) electrons.